The van der Waals surface area contributed by atoms with E-state index in [9.17, 15) is 14.4 Å². The summed E-state index contributed by atoms with van der Waals surface area (Å²) in [6, 6.07) is 6.35. The predicted molar refractivity (Wildman–Crippen MR) is 83.0 cm³/mol. The van der Waals surface area contributed by atoms with Crippen LogP contribution in [-0.2, 0) is 14.4 Å². The molecule has 0 spiro atoms. The molecule has 0 radical (unpaired) electrons. The van der Waals surface area contributed by atoms with Crippen LogP contribution in [0.2, 0.25) is 0 Å². The minimum atomic E-state index is -0.685. The second kappa shape index (κ2) is 6.14. The first-order chi connectivity index (χ1) is 12.2. The Bertz CT molecular complexity index is 798. The largest absolute Gasteiger partial charge is 0.369 e. The number of fused-ring (bicyclic) bond motifs is 1. The lowest BCUT2D eigenvalue weighted by molar-refractivity contribution is -0.183. The summed E-state index contributed by atoms with van der Waals surface area (Å²) >= 11 is 0. The molecule has 2 aromatic rings. The molecule has 2 aliphatic rings. The Labute approximate surface area is 142 Å². The molecule has 8 heteroatoms. The fourth-order valence-corrected chi connectivity index (χ4v) is 3.13. The zero-order valence-electron chi connectivity index (χ0n) is 13.2. The van der Waals surface area contributed by atoms with E-state index in [0.29, 0.717) is 30.3 Å². The van der Waals surface area contributed by atoms with E-state index < -0.39 is 29.8 Å². The van der Waals surface area contributed by atoms with Crippen molar-refractivity contribution >= 4 is 17.8 Å². The summed E-state index contributed by atoms with van der Waals surface area (Å²) in [5.74, 6) is -2.09. The van der Waals surface area contributed by atoms with Crippen molar-refractivity contribution in [1.82, 2.24) is 15.0 Å². The van der Waals surface area contributed by atoms with E-state index in [-0.39, 0.29) is 11.1 Å². The number of benzene rings is 1. The van der Waals surface area contributed by atoms with Crippen molar-refractivity contribution in [3.05, 3.63) is 53.6 Å². The molecule has 1 aromatic heterocycles. The van der Waals surface area contributed by atoms with E-state index >= 15 is 0 Å². The minimum Gasteiger partial charge on any atom is -0.369 e. The van der Waals surface area contributed by atoms with Gasteiger partial charge < -0.3 is 14.6 Å². The molecule has 25 heavy (non-hydrogen) atoms. The van der Waals surface area contributed by atoms with Crippen molar-refractivity contribution in [3.8, 4) is 0 Å². The van der Waals surface area contributed by atoms with Crippen molar-refractivity contribution in [2.75, 3.05) is 6.61 Å². The van der Waals surface area contributed by atoms with E-state index in [2.05, 4.69) is 9.97 Å². The number of hydrogen-bond acceptors (Lipinski definition) is 6. The number of nitrogens with one attached hydrogen (secondary N) is 1. The van der Waals surface area contributed by atoms with Gasteiger partial charge in [0.2, 0.25) is 0 Å². The van der Waals surface area contributed by atoms with Gasteiger partial charge in [0.1, 0.15) is 11.9 Å². The molecular formula is C17H15N3O5. The van der Waals surface area contributed by atoms with Crippen LogP contribution in [0, 0.1) is 5.92 Å². The Morgan fingerprint density at radius 1 is 1.24 bits per heavy atom. The lowest BCUT2D eigenvalue weighted by Crippen LogP contribution is -2.38. The van der Waals surface area contributed by atoms with Crippen LogP contribution < -0.4 is 0 Å². The molecule has 2 aliphatic heterocycles. The fraction of sp³-hybridized carbons (Fsp3) is 0.294. The standard InChI is InChI=1S/C17H15N3O5/c21-15-10-4-1-2-5-11(10)16(22)20(15)25-17(23)12-6-3-9-24-13(12)14-18-7-8-19-14/h1-2,4-5,7-8,12-13H,3,6,9H2,(H,18,19)/t12-,13-/m1/s1. The topological polar surface area (TPSA) is 102 Å². The number of ether oxygens (including phenoxy) is 1. The number of aromatic amines is 1. The van der Waals surface area contributed by atoms with Crippen molar-refractivity contribution in [2.24, 2.45) is 5.92 Å². The molecule has 1 N–H and O–H groups in total. The van der Waals surface area contributed by atoms with Gasteiger partial charge in [-0.05, 0) is 25.0 Å². The third-order valence-electron chi connectivity index (χ3n) is 4.35. The second-order valence-corrected chi connectivity index (χ2v) is 5.88. The van der Waals surface area contributed by atoms with Crippen molar-refractivity contribution in [2.45, 2.75) is 18.9 Å². The average molecular weight is 341 g/mol. The highest BCUT2D eigenvalue weighted by molar-refractivity contribution is 6.20. The third-order valence-corrected chi connectivity index (χ3v) is 4.35. The maximum Gasteiger partial charge on any atom is 0.339 e. The summed E-state index contributed by atoms with van der Waals surface area (Å²) in [6.45, 7) is 0.502. The van der Waals surface area contributed by atoms with Gasteiger partial charge in [0.05, 0.1) is 17.0 Å². The summed E-state index contributed by atoms with van der Waals surface area (Å²) in [7, 11) is 0. The lowest BCUT2D eigenvalue weighted by atomic mass is 9.94. The molecule has 0 unspecified atom stereocenters. The molecule has 1 fully saturated rings. The number of aromatic nitrogens is 2. The van der Waals surface area contributed by atoms with Gasteiger partial charge in [-0.1, -0.05) is 17.2 Å². The van der Waals surface area contributed by atoms with Gasteiger partial charge in [0, 0.05) is 19.0 Å². The summed E-state index contributed by atoms with van der Waals surface area (Å²) in [5, 5.41) is 0.529. The van der Waals surface area contributed by atoms with Crippen molar-refractivity contribution in [3.63, 3.8) is 0 Å². The van der Waals surface area contributed by atoms with Crippen LogP contribution in [0.4, 0.5) is 0 Å². The van der Waals surface area contributed by atoms with Crippen molar-refractivity contribution in [1.29, 1.82) is 0 Å². The molecular weight excluding hydrogens is 326 g/mol. The van der Waals surface area contributed by atoms with E-state index in [1.165, 1.54) is 12.1 Å². The van der Waals surface area contributed by atoms with Gasteiger partial charge in [-0.25, -0.2) is 9.78 Å². The maximum atomic E-state index is 12.6. The predicted octanol–water partition coefficient (Wildman–Crippen LogP) is 1.63. The molecule has 0 bridgehead atoms. The van der Waals surface area contributed by atoms with Gasteiger partial charge in [-0.2, -0.15) is 0 Å². The van der Waals surface area contributed by atoms with Crippen LogP contribution >= 0.6 is 0 Å². The first-order valence-corrected chi connectivity index (χ1v) is 7.97. The minimum absolute atomic E-state index is 0.225. The molecule has 1 aromatic carbocycles. The van der Waals surface area contributed by atoms with Gasteiger partial charge in [0.15, 0.2) is 0 Å². The highest BCUT2D eigenvalue weighted by atomic mass is 16.7. The second-order valence-electron chi connectivity index (χ2n) is 5.88. The Morgan fingerprint density at radius 2 is 1.96 bits per heavy atom. The summed E-state index contributed by atoms with van der Waals surface area (Å²) in [4.78, 5) is 49.5. The Hall–Kier alpha value is -3.00. The van der Waals surface area contributed by atoms with Gasteiger partial charge in [0.25, 0.3) is 11.8 Å². The molecule has 0 saturated carbocycles. The van der Waals surface area contributed by atoms with Gasteiger partial charge in [-0.15, -0.1) is 0 Å². The molecule has 1 saturated heterocycles. The zero-order valence-corrected chi connectivity index (χ0v) is 13.2. The van der Waals surface area contributed by atoms with E-state index in [0.717, 1.165) is 0 Å². The van der Waals surface area contributed by atoms with Crippen molar-refractivity contribution < 1.29 is 24.0 Å². The molecule has 8 nitrogen and oxygen atoms in total. The number of carbonyl (C=O) groups excluding carboxylic acids is 3. The van der Waals surface area contributed by atoms with E-state index in [1.807, 2.05) is 0 Å². The van der Waals surface area contributed by atoms with Crippen LogP contribution in [-0.4, -0.2) is 39.4 Å². The first kappa shape index (κ1) is 15.5. The highest BCUT2D eigenvalue weighted by Gasteiger charge is 2.42. The summed E-state index contributed by atoms with van der Waals surface area (Å²) in [6.07, 6.45) is 3.82. The molecule has 2 atom stereocenters. The SMILES string of the molecule is O=C(ON1C(=O)c2ccccc2C1=O)[C@@H]1CCCO[C@H]1c1ncc[nH]1. The first-order valence-electron chi connectivity index (χ1n) is 7.97. The van der Waals surface area contributed by atoms with E-state index in [1.54, 1.807) is 24.5 Å². The number of H-pyrrole nitrogens is 1. The maximum absolute atomic E-state index is 12.6. The molecule has 128 valence electrons. The van der Waals surface area contributed by atoms with Crippen LogP contribution in [0.1, 0.15) is 45.5 Å². The van der Waals surface area contributed by atoms with Crippen LogP contribution in [0.3, 0.4) is 0 Å². The Balaban J connectivity index is 1.54. The quantitative estimate of drug-likeness (QED) is 0.852. The number of amides is 2. The fourth-order valence-electron chi connectivity index (χ4n) is 3.13. The molecule has 4 rings (SSSR count). The molecule has 2 amide bonds. The van der Waals surface area contributed by atoms with Crippen LogP contribution in [0.5, 0.6) is 0 Å². The van der Waals surface area contributed by atoms with Gasteiger partial charge in [-0.3, -0.25) is 9.59 Å². The highest BCUT2D eigenvalue weighted by Crippen LogP contribution is 2.33. The Kier molecular flexibility index (Phi) is 3.81. The molecule has 0 aliphatic carbocycles. The summed E-state index contributed by atoms with van der Waals surface area (Å²) < 4.78 is 5.65. The average Bonchev–Trinajstić information content (AvgIpc) is 3.26. The number of hydrogen-bond donors (Lipinski definition) is 1. The number of carbonyl (C=O) groups is 3. The Morgan fingerprint density at radius 3 is 2.60 bits per heavy atom. The third kappa shape index (κ3) is 2.60. The number of hydroxylamine groups is 2. The number of imidazole rings is 1. The van der Waals surface area contributed by atoms with E-state index in [4.69, 9.17) is 9.57 Å². The number of imide groups is 1. The monoisotopic (exact) mass is 341 g/mol. The lowest BCUT2D eigenvalue weighted by Gasteiger charge is -2.29. The molecule has 3 heterocycles. The number of rotatable bonds is 3. The summed E-state index contributed by atoms with van der Waals surface area (Å²) in [5.41, 5.74) is 0.450. The number of nitrogens with zero attached hydrogens (tertiary/aromatic N) is 2. The van der Waals surface area contributed by atoms with Crippen LogP contribution in [0.15, 0.2) is 36.7 Å². The van der Waals surface area contributed by atoms with Crippen LogP contribution in [0.25, 0.3) is 0 Å². The zero-order chi connectivity index (χ0) is 17.4. The smallest absolute Gasteiger partial charge is 0.339 e. The normalized spacial score (nSPS) is 22.8. The van der Waals surface area contributed by atoms with Gasteiger partial charge >= 0.3 is 5.97 Å².